The van der Waals surface area contributed by atoms with Crippen molar-refractivity contribution < 1.29 is 0 Å². The van der Waals surface area contributed by atoms with E-state index in [1.54, 1.807) is 5.57 Å². The number of rotatable bonds is 4. The van der Waals surface area contributed by atoms with Gasteiger partial charge in [-0.3, -0.25) is 0 Å². The lowest BCUT2D eigenvalue weighted by atomic mass is 9.90. The summed E-state index contributed by atoms with van der Waals surface area (Å²) in [6.07, 6.45) is 5.50. The fraction of sp³-hybridized carbons (Fsp3) is 0.238. The van der Waals surface area contributed by atoms with Crippen LogP contribution in [0.25, 0.3) is 5.57 Å². The van der Waals surface area contributed by atoms with E-state index in [1.165, 1.54) is 46.2 Å². The smallest absolute Gasteiger partial charge is 0.00195 e. The Labute approximate surface area is 127 Å². The van der Waals surface area contributed by atoms with E-state index in [1.807, 2.05) is 6.08 Å². The van der Waals surface area contributed by atoms with E-state index < -0.39 is 0 Å². The Kier molecular flexibility index (Phi) is 3.79. The molecule has 0 N–H and O–H groups in total. The zero-order chi connectivity index (χ0) is 14.8. The van der Waals surface area contributed by atoms with E-state index in [0.29, 0.717) is 0 Å². The molecule has 0 heteroatoms. The van der Waals surface area contributed by atoms with Gasteiger partial charge in [-0.15, -0.1) is 0 Å². The molecule has 0 unspecified atom stereocenters. The van der Waals surface area contributed by atoms with Crippen molar-refractivity contribution in [3.8, 4) is 0 Å². The molecule has 0 heterocycles. The SMILES string of the molecule is C=CC(=C1CC1)c1c(C)cccc1Cc1ccc(C)cc1. The maximum absolute atomic E-state index is 4.04. The molecule has 1 saturated carbocycles. The normalized spacial score (nSPS) is 13.1. The van der Waals surface area contributed by atoms with Crippen molar-refractivity contribution in [3.63, 3.8) is 0 Å². The van der Waals surface area contributed by atoms with Crippen LogP contribution >= 0.6 is 0 Å². The molecule has 3 rings (SSSR count). The minimum Gasteiger partial charge on any atom is -0.0984 e. The van der Waals surface area contributed by atoms with Crippen LogP contribution in [0.15, 0.2) is 60.7 Å². The van der Waals surface area contributed by atoms with Gasteiger partial charge in [0.05, 0.1) is 0 Å². The molecule has 1 aliphatic rings. The van der Waals surface area contributed by atoms with Crippen molar-refractivity contribution in [2.24, 2.45) is 0 Å². The maximum Gasteiger partial charge on any atom is -0.00195 e. The van der Waals surface area contributed by atoms with Crippen LogP contribution in [0.4, 0.5) is 0 Å². The van der Waals surface area contributed by atoms with Crippen LogP contribution in [0.2, 0.25) is 0 Å². The zero-order valence-electron chi connectivity index (χ0n) is 12.9. The highest BCUT2D eigenvalue weighted by Crippen LogP contribution is 2.39. The van der Waals surface area contributed by atoms with E-state index >= 15 is 0 Å². The predicted molar refractivity (Wildman–Crippen MR) is 91.5 cm³/mol. The Hall–Kier alpha value is -2.08. The summed E-state index contributed by atoms with van der Waals surface area (Å²) in [7, 11) is 0. The minimum atomic E-state index is 0.988. The van der Waals surface area contributed by atoms with Crippen molar-refractivity contribution in [2.45, 2.75) is 33.1 Å². The lowest BCUT2D eigenvalue weighted by Crippen LogP contribution is -1.98. The van der Waals surface area contributed by atoms with Gasteiger partial charge < -0.3 is 0 Å². The summed E-state index contributed by atoms with van der Waals surface area (Å²) in [5, 5.41) is 0. The molecule has 0 atom stereocenters. The molecule has 0 aliphatic heterocycles. The largest absolute Gasteiger partial charge is 0.0984 e. The lowest BCUT2D eigenvalue weighted by Gasteiger charge is -2.14. The first-order chi connectivity index (χ1) is 10.2. The molecule has 106 valence electrons. The molecule has 0 spiro atoms. The Morgan fingerprint density at radius 1 is 1.05 bits per heavy atom. The standard InChI is InChI=1S/C21H22/c1-4-20(18-12-13-18)21-16(3)6-5-7-19(21)14-17-10-8-15(2)9-11-17/h4-11H,1,12-14H2,2-3H3. The van der Waals surface area contributed by atoms with Gasteiger partial charge in [0.2, 0.25) is 0 Å². The number of benzene rings is 2. The molecule has 0 bridgehead atoms. The van der Waals surface area contributed by atoms with Crippen molar-refractivity contribution >= 4 is 5.57 Å². The van der Waals surface area contributed by atoms with Gasteiger partial charge in [0.15, 0.2) is 0 Å². The third-order valence-electron chi connectivity index (χ3n) is 4.23. The van der Waals surface area contributed by atoms with Crippen LogP contribution in [0, 0.1) is 13.8 Å². The van der Waals surface area contributed by atoms with Gasteiger partial charge in [0.25, 0.3) is 0 Å². The van der Waals surface area contributed by atoms with Crippen molar-refractivity contribution in [2.75, 3.05) is 0 Å². The van der Waals surface area contributed by atoms with Gasteiger partial charge in [0.1, 0.15) is 0 Å². The summed E-state index contributed by atoms with van der Waals surface area (Å²) in [5.41, 5.74) is 9.79. The van der Waals surface area contributed by atoms with Crippen LogP contribution in [0.5, 0.6) is 0 Å². The first-order valence-corrected chi connectivity index (χ1v) is 7.68. The van der Waals surface area contributed by atoms with Gasteiger partial charge in [-0.1, -0.05) is 66.3 Å². The second-order valence-corrected chi connectivity index (χ2v) is 5.99. The molecule has 1 fully saturated rings. The average Bonchev–Trinajstić information content (AvgIpc) is 3.30. The Bertz CT molecular complexity index is 693. The monoisotopic (exact) mass is 274 g/mol. The average molecular weight is 274 g/mol. The van der Waals surface area contributed by atoms with Crippen LogP contribution in [0.1, 0.15) is 40.7 Å². The molecular weight excluding hydrogens is 252 g/mol. The van der Waals surface area contributed by atoms with E-state index in [4.69, 9.17) is 0 Å². The van der Waals surface area contributed by atoms with E-state index in [9.17, 15) is 0 Å². The maximum atomic E-state index is 4.04. The van der Waals surface area contributed by atoms with Crippen molar-refractivity contribution in [1.82, 2.24) is 0 Å². The third-order valence-corrected chi connectivity index (χ3v) is 4.23. The molecule has 0 amide bonds. The molecule has 0 saturated heterocycles. The fourth-order valence-corrected chi connectivity index (χ4v) is 2.94. The number of allylic oxidation sites excluding steroid dienone is 3. The van der Waals surface area contributed by atoms with Gasteiger partial charge in [-0.2, -0.15) is 0 Å². The highest BCUT2D eigenvalue weighted by Gasteiger charge is 2.20. The second kappa shape index (κ2) is 5.73. The molecule has 0 aromatic heterocycles. The zero-order valence-corrected chi connectivity index (χ0v) is 12.9. The topological polar surface area (TPSA) is 0 Å². The van der Waals surface area contributed by atoms with Crippen LogP contribution in [-0.4, -0.2) is 0 Å². The fourth-order valence-electron chi connectivity index (χ4n) is 2.94. The lowest BCUT2D eigenvalue weighted by molar-refractivity contribution is 1.16. The van der Waals surface area contributed by atoms with Crippen molar-refractivity contribution in [1.29, 1.82) is 0 Å². The van der Waals surface area contributed by atoms with Crippen molar-refractivity contribution in [3.05, 3.63) is 88.5 Å². The van der Waals surface area contributed by atoms with Crippen LogP contribution < -0.4 is 0 Å². The Morgan fingerprint density at radius 2 is 1.76 bits per heavy atom. The summed E-state index contributed by atoms with van der Waals surface area (Å²) in [6.45, 7) is 8.38. The molecule has 0 nitrogen and oxygen atoms in total. The number of aryl methyl sites for hydroxylation is 2. The first kappa shape index (κ1) is 13.9. The van der Waals surface area contributed by atoms with Crippen LogP contribution in [0.3, 0.4) is 0 Å². The number of hydrogen-bond donors (Lipinski definition) is 0. The Balaban J connectivity index is 2.03. The summed E-state index contributed by atoms with van der Waals surface area (Å²) in [5.74, 6) is 0. The second-order valence-electron chi connectivity index (χ2n) is 5.99. The molecule has 1 aliphatic carbocycles. The molecule has 2 aromatic rings. The summed E-state index contributed by atoms with van der Waals surface area (Å²) < 4.78 is 0. The van der Waals surface area contributed by atoms with E-state index in [2.05, 4.69) is 62.9 Å². The summed E-state index contributed by atoms with van der Waals surface area (Å²) in [6, 6.07) is 15.5. The van der Waals surface area contributed by atoms with Crippen LogP contribution in [-0.2, 0) is 6.42 Å². The quantitative estimate of drug-likeness (QED) is 0.678. The first-order valence-electron chi connectivity index (χ1n) is 7.68. The molecule has 21 heavy (non-hydrogen) atoms. The highest BCUT2D eigenvalue weighted by atomic mass is 14.2. The third kappa shape index (κ3) is 3.00. The highest BCUT2D eigenvalue weighted by molar-refractivity contribution is 5.82. The van der Waals surface area contributed by atoms with Gasteiger partial charge in [-0.25, -0.2) is 0 Å². The van der Waals surface area contributed by atoms with Gasteiger partial charge >= 0.3 is 0 Å². The summed E-state index contributed by atoms with van der Waals surface area (Å²) in [4.78, 5) is 0. The molecule has 0 radical (unpaired) electrons. The molecular formula is C21H22. The Morgan fingerprint density at radius 3 is 2.38 bits per heavy atom. The van der Waals surface area contributed by atoms with E-state index in [-0.39, 0.29) is 0 Å². The van der Waals surface area contributed by atoms with Gasteiger partial charge in [0, 0.05) is 0 Å². The minimum absolute atomic E-state index is 0.988. The number of hydrogen-bond acceptors (Lipinski definition) is 0. The molecule has 2 aromatic carbocycles. The van der Waals surface area contributed by atoms with E-state index in [0.717, 1.165) is 6.42 Å². The van der Waals surface area contributed by atoms with Gasteiger partial charge in [-0.05, 0) is 60.9 Å². The summed E-state index contributed by atoms with van der Waals surface area (Å²) >= 11 is 0. The predicted octanol–water partition coefficient (Wildman–Crippen LogP) is 5.63.